The number of methoxy groups -OCH3 is 1. The van der Waals surface area contributed by atoms with Gasteiger partial charge in [-0.2, -0.15) is 0 Å². The number of pyridine rings is 1. The molecular formula is C13H10Br2N2O2. The van der Waals surface area contributed by atoms with Gasteiger partial charge in [-0.1, -0.05) is 0 Å². The lowest BCUT2D eigenvalue weighted by atomic mass is 10.2. The van der Waals surface area contributed by atoms with Crippen molar-refractivity contribution in [3.05, 3.63) is 51.2 Å². The number of carbonyl (C=O) groups excluding carboxylic acids is 1. The zero-order valence-corrected chi connectivity index (χ0v) is 13.2. The van der Waals surface area contributed by atoms with Crippen molar-refractivity contribution >= 4 is 43.5 Å². The molecule has 1 aromatic carbocycles. The van der Waals surface area contributed by atoms with E-state index in [0.29, 0.717) is 17.0 Å². The fourth-order valence-corrected chi connectivity index (χ4v) is 2.24. The summed E-state index contributed by atoms with van der Waals surface area (Å²) in [5.41, 5.74) is 1.18. The number of benzene rings is 1. The van der Waals surface area contributed by atoms with E-state index in [4.69, 9.17) is 4.74 Å². The smallest absolute Gasteiger partial charge is 0.255 e. The van der Waals surface area contributed by atoms with Gasteiger partial charge in [-0.25, -0.2) is 4.98 Å². The predicted octanol–water partition coefficient (Wildman–Crippen LogP) is 3.87. The van der Waals surface area contributed by atoms with Gasteiger partial charge in [0.15, 0.2) is 0 Å². The van der Waals surface area contributed by atoms with Gasteiger partial charge in [0, 0.05) is 5.56 Å². The number of aromatic nitrogens is 1. The molecule has 1 aromatic heterocycles. The standard InChI is InChI=1S/C13H10Br2N2O2/c1-19-11-4-2-8(6-10(11)14)13(18)17-9-3-5-12(15)16-7-9/h2-7H,1H3,(H,17,18). The van der Waals surface area contributed by atoms with Crippen LogP contribution in [0.25, 0.3) is 0 Å². The Morgan fingerprint density at radius 1 is 1.26 bits per heavy atom. The molecule has 0 unspecified atom stereocenters. The van der Waals surface area contributed by atoms with E-state index in [9.17, 15) is 4.79 Å². The normalized spacial score (nSPS) is 10.1. The molecule has 0 saturated carbocycles. The summed E-state index contributed by atoms with van der Waals surface area (Å²) in [6.07, 6.45) is 1.58. The third-order valence-corrected chi connectivity index (χ3v) is 3.49. The number of hydrogen-bond donors (Lipinski definition) is 1. The highest BCUT2D eigenvalue weighted by Gasteiger charge is 2.09. The lowest BCUT2D eigenvalue weighted by molar-refractivity contribution is 0.102. The predicted molar refractivity (Wildman–Crippen MR) is 80.6 cm³/mol. The Hall–Kier alpha value is -1.40. The quantitative estimate of drug-likeness (QED) is 0.816. The van der Waals surface area contributed by atoms with Gasteiger partial charge in [0.2, 0.25) is 0 Å². The minimum Gasteiger partial charge on any atom is -0.496 e. The van der Waals surface area contributed by atoms with E-state index >= 15 is 0 Å². The molecule has 2 aromatic rings. The van der Waals surface area contributed by atoms with Crippen LogP contribution in [0.4, 0.5) is 5.69 Å². The Labute approximate surface area is 127 Å². The Balaban J connectivity index is 2.16. The van der Waals surface area contributed by atoms with E-state index in [0.717, 1.165) is 9.08 Å². The lowest BCUT2D eigenvalue weighted by Crippen LogP contribution is -2.12. The van der Waals surface area contributed by atoms with E-state index in [1.54, 1.807) is 43.6 Å². The molecule has 0 saturated heterocycles. The monoisotopic (exact) mass is 384 g/mol. The summed E-state index contributed by atoms with van der Waals surface area (Å²) < 4.78 is 6.57. The zero-order chi connectivity index (χ0) is 13.8. The van der Waals surface area contributed by atoms with Crippen LogP contribution in [0.1, 0.15) is 10.4 Å². The molecule has 0 atom stereocenters. The molecule has 0 aliphatic rings. The highest BCUT2D eigenvalue weighted by Crippen LogP contribution is 2.25. The van der Waals surface area contributed by atoms with E-state index in [2.05, 4.69) is 42.2 Å². The number of halogens is 2. The zero-order valence-electron chi connectivity index (χ0n) is 9.98. The Bertz CT molecular complexity index is 600. The first kappa shape index (κ1) is 14.0. The molecular weight excluding hydrogens is 376 g/mol. The Kier molecular flexibility index (Phi) is 4.55. The van der Waals surface area contributed by atoms with Crippen molar-refractivity contribution in [1.82, 2.24) is 4.98 Å². The molecule has 4 nitrogen and oxygen atoms in total. The molecule has 1 amide bonds. The number of carbonyl (C=O) groups is 1. The maximum Gasteiger partial charge on any atom is 0.255 e. The summed E-state index contributed by atoms with van der Waals surface area (Å²) in [5.74, 6) is 0.481. The number of nitrogens with zero attached hydrogens (tertiary/aromatic N) is 1. The number of amides is 1. The van der Waals surface area contributed by atoms with Crippen LogP contribution in [0.2, 0.25) is 0 Å². The molecule has 1 N–H and O–H groups in total. The van der Waals surface area contributed by atoms with Crippen LogP contribution in [0.5, 0.6) is 5.75 Å². The van der Waals surface area contributed by atoms with Gasteiger partial charge in [-0.3, -0.25) is 4.79 Å². The molecule has 0 radical (unpaired) electrons. The molecule has 19 heavy (non-hydrogen) atoms. The average molecular weight is 386 g/mol. The maximum atomic E-state index is 12.0. The van der Waals surface area contributed by atoms with Crippen molar-refractivity contribution in [2.45, 2.75) is 0 Å². The topological polar surface area (TPSA) is 51.2 Å². The van der Waals surface area contributed by atoms with Crippen molar-refractivity contribution in [2.24, 2.45) is 0 Å². The first-order chi connectivity index (χ1) is 9.10. The van der Waals surface area contributed by atoms with Crippen LogP contribution in [0, 0.1) is 0 Å². The second-order valence-corrected chi connectivity index (χ2v) is 5.34. The summed E-state index contributed by atoms with van der Waals surface area (Å²) in [6.45, 7) is 0. The molecule has 98 valence electrons. The molecule has 0 fully saturated rings. The molecule has 1 heterocycles. The summed E-state index contributed by atoms with van der Waals surface area (Å²) in [5, 5.41) is 2.77. The number of rotatable bonds is 3. The van der Waals surface area contributed by atoms with Crippen molar-refractivity contribution < 1.29 is 9.53 Å². The van der Waals surface area contributed by atoms with Gasteiger partial charge < -0.3 is 10.1 Å². The Morgan fingerprint density at radius 3 is 2.63 bits per heavy atom. The van der Waals surface area contributed by atoms with E-state index in [1.807, 2.05) is 0 Å². The van der Waals surface area contributed by atoms with Crippen molar-refractivity contribution in [2.75, 3.05) is 12.4 Å². The Morgan fingerprint density at radius 2 is 2.05 bits per heavy atom. The lowest BCUT2D eigenvalue weighted by Gasteiger charge is -2.07. The average Bonchev–Trinajstić information content (AvgIpc) is 2.41. The van der Waals surface area contributed by atoms with Crippen LogP contribution in [0.15, 0.2) is 45.6 Å². The third-order valence-electron chi connectivity index (χ3n) is 2.40. The van der Waals surface area contributed by atoms with Crippen molar-refractivity contribution in [3.63, 3.8) is 0 Å². The molecule has 2 rings (SSSR count). The van der Waals surface area contributed by atoms with E-state index < -0.39 is 0 Å². The summed E-state index contributed by atoms with van der Waals surface area (Å²) >= 11 is 6.59. The molecule has 0 bridgehead atoms. The highest BCUT2D eigenvalue weighted by molar-refractivity contribution is 9.10. The number of nitrogens with one attached hydrogen (secondary N) is 1. The van der Waals surface area contributed by atoms with Crippen LogP contribution in [-0.4, -0.2) is 18.0 Å². The van der Waals surface area contributed by atoms with Gasteiger partial charge in [-0.05, 0) is 62.2 Å². The fraction of sp³-hybridized carbons (Fsp3) is 0.0769. The number of ether oxygens (including phenoxy) is 1. The minimum atomic E-state index is -0.201. The van der Waals surface area contributed by atoms with Gasteiger partial charge in [0.25, 0.3) is 5.91 Å². The number of hydrogen-bond acceptors (Lipinski definition) is 3. The fourth-order valence-electron chi connectivity index (χ4n) is 1.46. The summed E-state index contributed by atoms with van der Waals surface area (Å²) in [4.78, 5) is 16.1. The van der Waals surface area contributed by atoms with Crippen LogP contribution in [-0.2, 0) is 0 Å². The molecule has 0 aliphatic heterocycles. The largest absolute Gasteiger partial charge is 0.496 e. The van der Waals surface area contributed by atoms with Crippen LogP contribution >= 0.6 is 31.9 Å². The first-order valence-corrected chi connectivity index (χ1v) is 6.95. The van der Waals surface area contributed by atoms with Gasteiger partial charge in [0.1, 0.15) is 10.4 Å². The summed E-state index contributed by atoms with van der Waals surface area (Å²) in [7, 11) is 1.58. The summed E-state index contributed by atoms with van der Waals surface area (Å²) in [6, 6.07) is 8.68. The molecule has 0 spiro atoms. The second-order valence-electron chi connectivity index (χ2n) is 3.67. The number of anilines is 1. The minimum absolute atomic E-state index is 0.201. The van der Waals surface area contributed by atoms with E-state index in [-0.39, 0.29) is 5.91 Å². The maximum absolute atomic E-state index is 12.0. The van der Waals surface area contributed by atoms with Gasteiger partial charge >= 0.3 is 0 Å². The van der Waals surface area contributed by atoms with Gasteiger partial charge in [-0.15, -0.1) is 0 Å². The molecule has 6 heteroatoms. The van der Waals surface area contributed by atoms with Crippen LogP contribution in [0.3, 0.4) is 0 Å². The first-order valence-electron chi connectivity index (χ1n) is 5.36. The van der Waals surface area contributed by atoms with Crippen molar-refractivity contribution in [3.8, 4) is 5.75 Å². The SMILES string of the molecule is COc1ccc(C(=O)Nc2ccc(Br)nc2)cc1Br. The van der Waals surface area contributed by atoms with Gasteiger partial charge in [0.05, 0.1) is 23.5 Å². The van der Waals surface area contributed by atoms with E-state index in [1.165, 1.54) is 0 Å². The van der Waals surface area contributed by atoms with Crippen molar-refractivity contribution in [1.29, 1.82) is 0 Å². The van der Waals surface area contributed by atoms with Crippen LogP contribution < -0.4 is 10.1 Å². The second kappa shape index (κ2) is 6.16. The highest BCUT2D eigenvalue weighted by atomic mass is 79.9. The molecule has 0 aliphatic carbocycles. The third kappa shape index (κ3) is 3.54.